The second-order valence-corrected chi connectivity index (χ2v) is 7.84. The van der Waals surface area contributed by atoms with Crippen molar-refractivity contribution in [2.75, 3.05) is 32.8 Å². The average Bonchev–Trinajstić information content (AvgIpc) is 3.21. The number of hydrogen-bond acceptors (Lipinski definition) is 3. The Morgan fingerprint density at radius 1 is 0.963 bits per heavy atom. The minimum atomic E-state index is -0.272. The summed E-state index contributed by atoms with van der Waals surface area (Å²) < 4.78 is 5.50. The lowest BCUT2D eigenvalue weighted by molar-refractivity contribution is -0.142. The zero-order valence-electron chi connectivity index (χ0n) is 15.8. The molecule has 6 nitrogen and oxygen atoms in total. The fourth-order valence-electron chi connectivity index (χ4n) is 4.24. The third-order valence-corrected chi connectivity index (χ3v) is 6.14. The van der Waals surface area contributed by atoms with E-state index in [1.807, 2.05) is 28.0 Å². The summed E-state index contributed by atoms with van der Waals surface area (Å²) in [6.07, 6.45) is 5.09. The maximum Gasteiger partial charge on any atom is 0.318 e. The molecule has 0 radical (unpaired) electrons. The van der Waals surface area contributed by atoms with Crippen molar-refractivity contribution in [2.45, 2.75) is 44.2 Å². The maximum atomic E-state index is 12.8. The molecule has 2 saturated heterocycles. The number of urea groups is 1. The van der Waals surface area contributed by atoms with Crippen LogP contribution in [-0.2, 0) is 9.53 Å². The van der Waals surface area contributed by atoms with Gasteiger partial charge in [0.1, 0.15) is 6.10 Å². The fraction of sp³-hybridized carbons (Fsp3) is 0.619. The molecule has 1 saturated carbocycles. The van der Waals surface area contributed by atoms with Gasteiger partial charge in [0.15, 0.2) is 0 Å². The highest BCUT2D eigenvalue weighted by Gasteiger charge is 2.34. The molecule has 6 heteroatoms. The van der Waals surface area contributed by atoms with E-state index >= 15 is 0 Å². The smallest absolute Gasteiger partial charge is 0.318 e. The first-order chi connectivity index (χ1) is 13.2. The van der Waals surface area contributed by atoms with Crippen molar-refractivity contribution in [1.29, 1.82) is 0 Å². The first kappa shape index (κ1) is 18.3. The predicted octanol–water partition coefficient (Wildman–Crippen LogP) is 2.56. The van der Waals surface area contributed by atoms with Gasteiger partial charge in [0.2, 0.25) is 0 Å². The normalized spacial score (nSPS) is 24.4. The van der Waals surface area contributed by atoms with Crippen molar-refractivity contribution in [3.63, 3.8) is 0 Å². The van der Waals surface area contributed by atoms with Gasteiger partial charge in [-0.3, -0.25) is 4.79 Å². The largest absolute Gasteiger partial charge is 0.368 e. The summed E-state index contributed by atoms with van der Waals surface area (Å²) in [6, 6.07) is 10.3. The molecule has 27 heavy (non-hydrogen) atoms. The molecule has 3 aliphatic rings. The molecule has 0 bridgehead atoms. The number of carbonyl (C=O) groups excluding carboxylic acids is 2. The molecule has 3 fully saturated rings. The lowest BCUT2D eigenvalue weighted by atomic mass is 9.77. The van der Waals surface area contributed by atoms with E-state index < -0.39 is 0 Å². The van der Waals surface area contributed by atoms with Crippen LogP contribution < -0.4 is 5.32 Å². The minimum Gasteiger partial charge on any atom is -0.368 e. The zero-order valence-corrected chi connectivity index (χ0v) is 15.8. The van der Waals surface area contributed by atoms with Crippen molar-refractivity contribution < 1.29 is 14.3 Å². The maximum absolute atomic E-state index is 12.8. The molecule has 146 valence electrons. The van der Waals surface area contributed by atoms with Crippen molar-refractivity contribution in [3.05, 3.63) is 35.9 Å². The molecule has 1 aliphatic carbocycles. The van der Waals surface area contributed by atoms with Gasteiger partial charge in [-0.05, 0) is 37.2 Å². The highest BCUT2D eigenvalue weighted by Crippen LogP contribution is 2.37. The van der Waals surface area contributed by atoms with E-state index in [-0.39, 0.29) is 24.1 Å². The first-order valence-corrected chi connectivity index (χ1v) is 10.2. The number of piperazine rings is 1. The van der Waals surface area contributed by atoms with Crippen LogP contribution in [0.15, 0.2) is 30.3 Å². The first-order valence-electron chi connectivity index (χ1n) is 10.2. The number of amides is 3. The van der Waals surface area contributed by atoms with Gasteiger partial charge in [0, 0.05) is 32.8 Å². The van der Waals surface area contributed by atoms with E-state index in [9.17, 15) is 9.59 Å². The Morgan fingerprint density at radius 2 is 1.67 bits per heavy atom. The van der Waals surface area contributed by atoms with Gasteiger partial charge in [-0.15, -0.1) is 0 Å². The Labute approximate surface area is 160 Å². The SMILES string of the molecule is O=C(N[C@@H](c1ccccc1)C1CCC1)N1CCN(C(=O)[C@H]2CCCO2)CC1. The van der Waals surface area contributed by atoms with Crippen molar-refractivity contribution >= 4 is 11.9 Å². The van der Waals surface area contributed by atoms with Gasteiger partial charge in [-0.1, -0.05) is 36.8 Å². The number of nitrogens with zero attached hydrogens (tertiary/aromatic N) is 2. The van der Waals surface area contributed by atoms with E-state index in [1.165, 1.54) is 24.8 Å². The second kappa shape index (κ2) is 8.30. The molecular formula is C21H29N3O3. The Balaban J connectivity index is 1.32. The molecule has 4 rings (SSSR count). The van der Waals surface area contributed by atoms with Crippen LogP contribution in [0.2, 0.25) is 0 Å². The average molecular weight is 371 g/mol. The molecular weight excluding hydrogens is 342 g/mol. The molecule has 0 aromatic heterocycles. The van der Waals surface area contributed by atoms with Gasteiger partial charge in [-0.25, -0.2) is 4.79 Å². The summed E-state index contributed by atoms with van der Waals surface area (Å²) in [5.41, 5.74) is 1.18. The summed E-state index contributed by atoms with van der Waals surface area (Å²) in [6.45, 7) is 3.02. The molecule has 0 spiro atoms. The second-order valence-electron chi connectivity index (χ2n) is 7.84. The summed E-state index contributed by atoms with van der Waals surface area (Å²) in [5.74, 6) is 0.614. The van der Waals surface area contributed by atoms with E-state index in [4.69, 9.17) is 4.74 Å². The monoisotopic (exact) mass is 371 g/mol. The molecule has 1 N–H and O–H groups in total. The van der Waals surface area contributed by atoms with E-state index in [2.05, 4.69) is 17.4 Å². The minimum absolute atomic E-state index is 0.0139. The van der Waals surface area contributed by atoms with Gasteiger partial charge in [-0.2, -0.15) is 0 Å². The number of carbonyl (C=O) groups is 2. The van der Waals surface area contributed by atoms with Crippen LogP contribution in [0.1, 0.15) is 43.7 Å². The van der Waals surface area contributed by atoms with Gasteiger partial charge >= 0.3 is 6.03 Å². The molecule has 1 aromatic rings. The third kappa shape index (κ3) is 4.10. The Morgan fingerprint density at radius 3 is 2.26 bits per heavy atom. The van der Waals surface area contributed by atoms with E-state index in [0.29, 0.717) is 38.7 Å². The standard InChI is InChI=1S/C21H29N3O3/c25-20(18-10-5-15-27-18)23-11-13-24(14-12-23)21(26)22-19(17-8-4-9-17)16-6-2-1-3-7-16/h1-3,6-7,17-19H,4-5,8-15H2,(H,22,26)/t18-,19+/m1/s1. The molecule has 2 atom stereocenters. The van der Waals surface area contributed by atoms with Gasteiger partial charge in [0.25, 0.3) is 5.91 Å². The number of ether oxygens (including phenoxy) is 1. The van der Waals surface area contributed by atoms with Crippen LogP contribution in [0.4, 0.5) is 4.79 Å². The Hall–Kier alpha value is -2.08. The Kier molecular flexibility index (Phi) is 5.62. The summed E-state index contributed by atoms with van der Waals surface area (Å²) >= 11 is 0. The zero-order chi connectivity index (χ0) is 18.6. The quantitative estimate of drug-likeness (QED) is 0.885. The predicted molar refractivity (Wildman–Crippen MR) is 102 cm³/mol. The molecule has 1 aromatic carbocycles. The van der Waals surface area contributed by atoms with Crippen LogP contribution >= 0.6 is 0 Å². The van der Waals surface area contributed by atoms with Crippen molar-refractivity contribution in [3.8, 4) is 0 Å². The topological polar surface area (TPSA) is 61.9 Å². The van der Waals surface area contributed by atoms with Crippen LogP contribution in [-0.4, -0.2) is 60.6 Å². The van der Waals surface area contributed by atoms with Crippen LogP contribution in [0.25, 0.3) is 0 Å². The highest BCUT2D eigenvalue weighted by molar-refractivity contribution is 5.82. The van der Waals surface area contributed by atoms with Gasteiger partial charge < -0.3 is 19.9 Å². The third-order valence-electron chi connectivity index (χ3n) is 6.14. The molecule has 2 heterocycles. The van der Waals surface area contributed by atoms with E-state index in [0.717, 1.165) is 12.8 Å². The summed E-state index contributed by atoms with van der Waals surface area (Å²) in [7, 11) is 0. The molecule has 0 unspecified atom stereocenters. The van der Waals surface area contributed by atoms with Crippen molar-refractivity contribution in [2.24, 2.45) is 5.92 Å². The lowest BCUT2D eigenvalue weighted by Gasteiger charge is -2.39. The van der Waals surface area contributed by atoms with E-state index in [1.54, 1.807) is 0 Å². The van der Waals surface area contributed by atoms with Crippen LogP contribution in [0.5, 0.6) is 0 Å². The highest BCUT2D eigenvalue weighted by atomic mass is 16.5. The Bertz CT molecular complexity index is 648. The number of benzene rings is 1. The fourth-order valence-corrected chi connectivity index (χ4v) is 4.24. The molecule has 3 amide bonds. The van der Waals surface area contributed by atoms with Crippen molar-refractivity contribution in [1.82, 2.24) is 15.1 Å². The summed E-state index contributed by atoms with van der Waals surface area (Å²) in [5, 5.41) is 3.26. The van der Waals surface area contributed by atoms with Crippen LogP contribution in [0, 0.1) is 5.92 Å². The van der Waals surface area contributed by atoms with Crippen LogP contribution in [0.3, 0.4) is 0 Å². The number of nitrogens with one attached hydrogen (secondary N) is 1. The lowest BCUT2D eigenvalue weighted by Crippen LogP contribution is -2.55. The molecule has 2 aliphatic heterocycles. The number of hydrogen-bond donors (Lipinski definition) is 1. The summed E-state index contributed by atoms with van der Waals surface area (Å²) in [4.78, 5) is 29.0. The number of rotatable bonds is 4. The van der Waals surface area contributed by atoms with Gasteiger partial charge in [0.05, 0.1) is 6.04 Å².